The molecule has 0 aromatic rings. The standard InChI is InChI=1S/C9H17F2NO/c1-3-9(2)7-12(4-5-13-9)6-8(10)11/h8H,3-7H2,1-2H3. The van der Waals surface area contributed by atoms with E-state index in [1.54, 1.807) is 4.90 Å². The summed E-state index contributed by atoms with van der Waals surface area (Å²) >= 11 is 0. The first-order valence-corrected chi connectivity index (χ1v) is 4.70. The van der Waals surface area contributed by atoms with Crippen molar-refractivity contribution in [3.63, 3.8) is 0 Å². The van der Waals surface area contributed by atoms with Crippen LogP contribution in [0.4, 0.5) is 8.78 Å². The molecule has 1 fully saturated rings. The van der Waals surface area contributed by atoms with E-state index in [4.69, 9.17) is 4.74 Å². The average molecular weight is 193 g/mol. The third-order valence-electron chi connectivity index (χ3n) is 2.56. The molecule has 1 saturated heterocycles. The molecule has 1 atom stereocenters. The Labute approximate surface area is 77.9 Å². The minimum absolute atomic E-state index is 0.126. The first-order chi connectivity index (χ1) is 6.06. The minimum Gasteiger partial charge on any atom is -0.373 e. The lowest BCUT2D eigenvalue weighted by molar-refractivity contribution is -0.107. The van der Waals surface area contributed by atoms with E-state index in [2.05, 4.69) is 0 Å². The molecule has 2 nitrogen and oxygen atoms in total. The summed E-state index contributed by atoms with van der Waals surface area (Å²) in [4.78, 5) is 1.78. The molecular weight excluding hydrogens is 176 g/mol. The zero-order chi connectivity index (χ0) is 9.90. The minimum atomic E-state index is -2.24. The van der Waals surface area contributed by atoms with Crippen molar-refractivity contribution in [2.75, 3.05) is 26.2 Å². The van der Waals surface area contributed by atoms with E-state index in [0.717, 1.165) is 6.42 Å². The molecule has 0 N–H and O–H groups in total. The fourth-order valence-electron chi connectivity index (χ4n) is 1.58. The Morgan fingerprint density at radius 2 is 2.23 bits per heavy atom. The summed E-state index contributed by atoms with van der Waals surface area (Å²) < 4.78 is 29.7. The molecule has 0 amide bonds. The van der Waals surface area contributed by atoms with Crippen molar-refractivity contribution in [2.45, 2.75) is 32.3 Å². The molecule has 0 radical (unpaired) electrons. The number of ether oxygens (including phenoxy) is 1. The quantitative estimate of drug-likeness (QED) is 0.677. The number of morpholine rings is 1. The second-order valence-electron chi connectivity index (χ2n) is 3.78. The Bertz CT molecular complexity index is 166. The number of rotatable bonds is 3. The fourth-order valence-corrected chi connectivity index (χ4v) is 1.58. The highest BCUT2D eigenvalue weighted by atomic mass is 19.3. The zero-order valence-corrected chi connectivity index (χ0v) is 8.22. The van der Waals surface area contributed by atoms with Gasteiger partial charge in [0.15, 0.2) is 0 Å². The summed E-state index contributed by atoms with van der Waals surface area (Å²) in [5.41, 5.74) is -0.229. The van der Waals surface area contributed by atoms with Gasteiger partial charge in [0.1, 0.15) is 0 Å². The molecule has 0 aliphatic carbocycles. The average Bonchev–Trinajstić information content (AvgIpc) is 2.03. The lowest BCUT2D eigenvalue weighted by Gasteiger charge is -2.39. The molecule has 1 unspecified atom stereocenters. The van der Waals surface area contributed by atoms with Crippen LogP contribution < -0.4 is 0 Å². The number of alkyl halides is 2. The van der Waals surface area contributed by atoms with Crippen LogP contribution in [0.15, 0.2) is 0 Å². The van der Waals surface area contributed by atoms with Crippen molar-refractivity contribution in [1.82, 2.24) is 4.90 Å². The molecule has 1 aliphatic heterocycles. The molecule has 13 heavy (non-hydrogen) atoms. The molecular formula is C9H17F2NO. The third-order valence-corrected chi connectivity index (χ3v) is 2.56. The van der Waals surface area contributed by atoms with E-state index in [1.807, 2.05) is 13.8 Å². The monoisotopic (exact) mass is 193 g/mol. The maximum absolute atomic E-state index is 12.1. The van der Waals surface area contributed by atoms with Crippen molar-refractivity contribution in [3.8, 4) is 0 Å². The maximum atomic E-state index is 12.1. The lowest BCUT2D eigenvalue weighted by atomic mass is 10.0. The Kier molecular flexibility index (Phi) is 3.62. The Hall–Kier alpha value is -0.220. The SMILES string of the molecule is CCC1(C)CN(CC(F)F)CCO1. The second kappa shape index (κ2) is 4.33. The lowest BCUT2D eigenvalue weighted by Crippen LogP contribution is -2.50. The van der Waals surface area contributed by atoms with E-state index in [1.165, 1.54) is 0 Å². The summed E-state index contributed by atoms with van der Waals surface area (Å²) in [6.07, 6.45) is -1.37. The Morgan fingerprint density at radius 3 is 2.77 bits per heavy atom. The van der Waals surface area contributed by atoms with Crippen LogP contribution in [-0.4, -0.2) is 43.2 Å². The number of halogens is 2. The van der Waals surface area contributed by atoms with Gasteiger partial charge in [-0.05, 0) is 13.3 Å². The summed E-state index contributed by atoms with van der Waals surface area (Å²) in [5, 5.41) is 0. The molecule has 1 rings (SSSR count). The van der Waals surface area contributed by atoms with Gasteiger partial charge in [0, 0.05) is 13.1 Å². The molecule has 4 heteroatoms. The smallest absolute Gasteiger partial charge is 0.251 e. The van der Waals surface area contributed by atoms with E-state index < -0.39 is 6.43 Å². The van der Waals surface area contributed by atoms with Gasteiger partial charge in [-0.25, -0.2) is 8.78 Å². The molecule has 1 aliphatic rings. The van der Waals surface area contributed by atoms with Crippen LogP contribution >= 0.6 is 0 Å². The van der Waals surface area contributed by atoms with Gasteiger partial charge in [-0.3, -0.25) is 4.90 Å². The largest absolute Gasteiger partial charge is 0.373 e. The van der Waals surface area contributed by atoms with E-state index >= 15 is 0 Å². The summed E-state index contributed by atoms with van der Waals surface area (Å²) in [7, 11) is 0. The molecule has 0 bridgehead atoms. The first-order valence-electron chi connectivity index (χ1n) is 4.70. The van der Waals surface area contributed by atoms with Crippen LogP contribution in [0.5, 0.6) is 0 Å². The van der Waals surface area contributed by atoms with Crippen molar-refractivity contribution < 1.29 is 13.5 Å². The number of nitrogens with zero attached hydrogens (tertiary/aromatic N) is 1. The van der Waals surface area contributed by atoms with Gasteiger partial charge in [-0.15, -0.1) is 0 Å². The van der Waals surface area contributed by atoms with Gasteiger partial charge >= 0.3 is 0 Å². The summed E-state index contributed by atoms with van der Waals surface area (Å²) in [5.74, 6) is 0. The normalized spacial score (nSPS) is 31.2. The van der Waals surface area contributed by atoms with E-state index in [0.29, 0.717) is 19.7 Å². The molecule has 0 aromatic carbocycles. The molecule has 1 heterocycles. The van der Waals surface area contributed by atoms with Crippen LogP contribution in [0.2, 0.25) is 0 Å². The summed E-state index contributed by atoms with van der Waals surface area (Å²) in [6, 6.07) is 0. The van der Waals surface area contributed by atoms with Crippen LogP contribution in [0.1, 0.15) is 20.3 Å². The van der Waals surface area contributed by atoms with Gasteiger partial charge in [0.05, 0.1) is 18.8 Å². The van der Waals surface area contributed by atoms with Gasteiger partial charge in [-0.2, -0.15) is 0 Å². The molecule has 0 aromatic heterocycles. The third kappa shape index (κ3) is 3.19. The number of hydrogen-bond acceptors (Lipinski definition) is 2. The first kappa shape index (κ1) is 10.9. The van der Waals surface area contributed by atoms with Crippen LogP contribution in [-0.2, 0) is 4.74 Å². The highest BCUT2D eigenvalue weighted by molar-refractivity contribution is 4.82. The van der Waals surface area contributed by atoms with Gasteiger partial charge < -0.3 is 4.74 Å². The molecule has 78 valence electrons. The highest BCUT2D eigenvalue weighted by Crippen LogP contribution is 2.21. The Balaban J connectivity index is 2.42. The van der Waals surface area contributed by atoms with Gasteiger partial charge in [-0.1, -0.05) is 6.92 Å². The number of hydrogen-bond donors (Lipinski definition) is 0. The van der Waals surface area contributed by atoms with Crippen molar-refractivity contribution in [3.05, 3.63) is 0 Å². The van der Waals surface area contributed by atoms with E-state index in [-0.39, 0.29) is 12.1 Å². The Morgan fingerprint density at radius 1 is 1.54 bits per heavy atom. The van der Waals surface area contributed by atoms with Crippen LogP contribution in [0, 0.1) is 0 Å². The predicted molar refractivity (Wildman–Crippen MR) is 47.1 cm³/mol. The topological polar surface area (TPSA) is 12.5 Å². The maximum Gasteiger partial charge on any atom is 0.251 e. The predicted octanol–water partition coefficient (Wildman–Crippen LogP) is 1.75. The van der Waals surface area contributed by atoms with Gasteiger partial charge in [0.25, 0.3) is 6.43 Å². The second-order valence-corrected chi connectivity index (χ2v) is 3.78. The fraction of sp³-hybridized carbons (Fsp3) is 1.00. The van der Waals surface area contributed by atoms with Crippen molar-refractivity contribution in [2.24, 2.45) is 0 Å². The van der Waals surface area contributed by atoms with Crippen molar-refractivity contribution in [1.29, 1.82) is 0 Å². The molecule has 0 saturated carbocycles. The van der Waals surface area contributed by atoms with E-state index in [9.17, 15) is 8.78 Å². The highest BCUT2D eigenvalue weighted by Gasteiger charge is 2.31. The van der Waals surface area contributed by atoms with Crippen LogP contribution in [0.3, 0.4) is 0 Å². The summed E-state index contributed by atoms with van der Waals surface area (Å²) in [6.45, 7) is 5.68. The zero-order valence-electron chi connectivity index (χ0n) is 8.22. The molecule has 0 spiro atoms. The van der Waals surface area contributed by atoms with Crippen LogP contribution in [0.25, 0.3) is 0 Å². The van der Waals surface area contributed by atoms with Crippen molar-refractivity contribution >= 4 is 0 Å². The van der Waals surface area contributed by atoms with Gasteiger partial charge in [0.2, 0.25) is 0 Å².